The lowest BCUT2D eigenvalue weighted by molar-refractivity contribution is 0.0379. The molecule has 2 aliphatic heterocycles. The molecular formula is C17H14BrClN2O2. The van der Waals surface area contributed by atoms with Crippen molar-refractivity contribution in [1.82, 2.24) is 5.32 Å². The molecule has 23 heavy (non-hydrogen) atoms. The van der Waals surface area contributed by atoms with Gasteiger partial charge >= 0.3 is 6.03 Å². The highest BCUT2D eigenvalue weighted by Gasteiger charge is 2.49. The first kappa shape index (κ1) is 14.8. The molecule has 0 aromatic heterocycles. The number of benzene rings is 2. The smallest absolute Gasteiger partial charge is 0.325 e. The van der Waals surface area contributed by atoms with Gasteiger partial charge < -0.3 is 10.1 Å². The number of carbonyl (C=O) groups is 1. The molecule has 0 spiro atoms. The third-order valence-corrected chi connectivity index (χ3v) is 5.08. The summed E-state index contributed by atoms with van der Waals surface area (Å²) in [5.41, 5.74) is 0.990. The number of amides is 2. The van der Waals surface area contributed by atoms with Crippen molar-refractivity contribution < 1.29 is 9.53 Å². The minimum Gasteiger partial charge on any atom is -0.467 e. The maximum atomic E-state index is 12.7. The van der Waals surface area contributed by atoms with Crippen molar-refractivity contribution in [3.63, 3.8) is 0 Å². The SMILES string of the molecule is C[C@@]12C[C@@H](NC(=O)N1c1ccc(Br)cc1)c1cc(Cl)ccc1O2. The third kappa shape index (κ3) is 2.39. The van der Waals surface area contributed by atoms with Crippen molar-refractivity contribution in [2.24, 2.45) is 0 Å². The van der Waals surface area contributed by atoms with E-state index in [0.717, 1.165) is 21.5 Å². The van der Waals surface area contributed by atoms with Gasteiger partial charge in [0.15, 0.2) is 5.72 Å². The van der Waals surface area contributed by atoms with Crippen molar-refractivity contribution in [2.45, 2.75) is 25.1 Å². The Morgan fingerprint density at radius 2 is 2.04 bits per heavy atom. The summed E-state index contributed by atoms with van der Waals surface area (Å²) in [4.78, 5) is 14.4. The van der Waals surface area contributed by atoms with E-state index in [9.17, 15) is 4.79 Å². The van der Waals surface area contributed by atoms with Crippen molar-refractivity contribution in [3.8, 4) is 5.75 Å². The zero-order valence-corrected chi connectivity index (χ0v) is 14.7. The predicted octanol–water partition coefficient (Wildman–Crippen LogP) is 4.87. The summed E-state index contributed by atoms with van der Waals surface area (Å²) in [6.07, 6.45) is 0.655. The minimum absolute atomic E-state index is 0.0957. The number of nitrogens with zero attached hydrogens (tertiary/aromatic N) is 1. The molecule has 1 N–H and O–H groups in total. The first-order valence-corrected chi connectivity index (χ1v) is 8.48. The van der Waals surface area contributed by atoms with E-state index in [2.05, 4.69) is 21.2 Å². The Bertz CT molecular complexity index is 796. The number of hydrogen-bond donors (Lipinski definition) is 1. The van der Waals surface area contributed by atoms with E-state index in [1.54, 1.807) is 11.0 Å². The van der Waals surface area contributed by atoms with Gasteiger partial charge in [-0.15, -0.1) is 0 Å². The van der Waals surface area contributed by atoms with Gasteiger partial charge in [-0.25, -0.2) is 4.79 Å². The number of halogens is 2. The van der Waals surface area contributed by atoms with Crippen LogP contribution in [0.25, 0.3) is 0 Å². The fourth-order valence-corrected chi connectivity index (χ4v) is 3.77. The molecule has 2 heterocycles. The monoisotopic (exact) mass is 392 g/mol. The third-order valence-electron chi connectivity index (χ3n) is 4.32. The quantitative estimate of drug-likeness (QED) is 0.751. The van der Waals surface area contributed by atoms with Crippen LogP contribution in [0.15, 0.2) is 46.9 Å². The highest BCUT2D eigenvalue weighted by molar-refractivity contribution is 9.10. The maximum Gasteiger partial charge on any atom is 0.325 e. The summed E-state index contributed by atoms with van der Waals surface area (Å²) in [6.45, 7) is 1.94. The Labute approximate surface area is 147 Å². The first-order valence-electron chi connectivity index (χ1n) is 7.31. The molecule has 6 heteroatoms. The Morgan fingerprint density at radius 1 is 1.30 bits per heavy atom. The van der Waals surface area contributed by atoms with Crippen LogP contribution >= 0.6 is 27.5 Å². The van der Waals surface area contributed by atoms with Gasteiger partial charge in [-0.1, -0.05) is 27.5 Å². The first-order chi connectivity index (χ1) is 11.0. The van der Waals surface area contributed by atoms with Crippen molar-refractivity contribution in [2.75, 3.05) is 4.90 Å². The Kier molecular flexibility index (Phi) is 3.32. The van der Waals surface area contributed by atoms with Gasteiger partial charge in [0.1, 0.15) is 5.75 Å². The molecule has 118 valence electrons. The molecule has 2 amide bonds. The number of anilines is 1. The van der Waals surface area contributed by atoms with E-state index >= 15 is 0 Å². The van der Waals surface area contributed by atoms with Crippen LogP contribution in [0.2, 0.25) is 5.02 Å². The lowest BCUT2D eigenvalue weighted by Gasteiger charge is -2.50. The number of fused-ring (bicyclic) bond motifs is 4. The van der Waals surface area contributed by atoms with Gasteiger partial charge in [0, 0.05) is 27.2 Å². The number of nitrogens with one attached hydrogen (secondary N) is 1. The Morgan fingerprint density at radius 3 is 2.78 bits per heavy atom. The standard InChI is InChI=1S/C17H14BrClN2O2/c1-17-9-14(13-8-11(19)4-7-15(13)23-17)20-16(22)21(17)12-5-2-10(18)3-6-12/h2-8,14H,9H2,1H3,(H,20,22)/t14-,17-/m1/s1. The van der Waals surface area contributed by atoms with Crippen LogP contribution in [0.3, 0.4) is 0 Å². The van der Waals surface area contributed by atoms with Crippen LogP contribution in [0.1, 0.15) is 24.9 Å². The van der Waals surface area contributed by atoms with E-state index in [-0.39, 0.29) is 12.1 Å². The fourth-order valence-electron chi connectivity index (χ4n) is 3.33. The molecule has 1 fully saturated rings. The second-order valence-electron chi connectivity index (χ2n) is 5.98. The van der Waals surface area contributed by atoms with E-state index < -0.39 is 5.72 Å². The van der Waals surface area contributed by atoms with Crippen LogP contribution in [0.5, 0.6) is 5.75 Å². The van der Waals surface area contributed by atoms with Gasteiger partial charge in [-0.2, -0.15) is 0 Å². The van der Waals surface area contributed by atoms with Crippen LogP contribution < -0.4 is 15.0 Å². The van der Waals surface area contributed by atoms with Gasteiger partial charge in [-0.05, 0) is 49.4 Å². The zero-order chi connectivity index (χ0) is 16.2. The van der Waals surface area contributed by atoms with Crippen LogP contribution in [0, 0.1) is 0 Å². The van der Waals surface area contributed by atoms with Crippen LogP contribution in [-0.2, 0) is 0 Å². The summed E-state index contributed by atoms with van der Waals surface area (Å²) in [7, 11) is 0. The summed E-state index contributed by atoms with van der Waals surface area (Å²) in [6, 6.07) is 12.9. The van der Waals surface area contributed by atoms with Gasteiger partial charge in [0.05, 0.1) is 6.04 Å². The number of rotatable bonds is 1. The molecular weight excluding hydrogens is 380 g/mol. The van der Waals surface area contributed by atoms with Crippen LogP contribution in [-0.4, -0.2) is 11.8 Å². The van der Waals surface area contributed by atoms with E-state index in [1.165, 1.54) is 0 Å². The largest absolute Gasteiger partial charge is 0.467 e. The molecule has 4 nitrogen and oxygen atoms in total. The number of ether oxygens (including phenoxy) is 1. The van der Waals surface area contributed by atoms with E-state index in [1.807, 2.05) is 43.3 Å². The lowest BCUT2D eigenvalue weighted by atomic mass is 9.90. The highest BCUT2D eigenvalue weighted by atomic mass is 79.9. The van der Waals surface area contributed by atoms with Crippen LogP contribution in [0.4, 0.5) is 10.5 Å². The molecule has 0 saturated carbocycles. The molecule has 1 saturated heterocycles. The minimum atomic E-state index is -0.734. The topological polar surface area (TPSA) is 41.6 Å². The summed E-state index contributed by atoms with van der Waals surface area (Å²) in [5, 5.41) is 3.70. The van der Waals surface area contributed by atoms with Crippen molar-refractivity contribution in [1.29, 1.82) is 0 Å². The number of hydrogen-bond acceptors (Lipinski definition) is 2. The molecule has 4 rings (SSSR count). The molecule has 2 aromatic rings. The molecule has 0 aliphatic carbocycles. The van der Waals surface area contributed by atoms with Gasteiger partial charge in [-0.3, -0.25) is 4.90 Å². The second-order valence-corrected chi connectivity index (χ2v) is 7.33. The average Bonchev–Trinajstić information content (AvgIpc) is 2.49. The average molecular weight is 394 g/mol. The molecule has 0 unspecified atom stereocenters. The lowest BCUT2D eigenvalue weighted by Crippen LogP contribution is -2.65. The summed E-state index contributed by atoms with van der Waals surface area (Å²) >= 11 is 9.50. The van der Waals surface area contributed by atoms with Crippen molar-refractivity contribution in [3.05, 3.63) is 57.5 Å². The van der Waals surface area contributed by atoms with Gasteiger partial charge in [0.25, 0.3) is 0 Å². The molecule has 2 aromatic carbocycles. The van der Waals surface area contributed by atoms with Crippen molar-refractivity contribution >= 4 is 39.2 Å². The molecule has 0 radical (unpaired) electrons. The summed E-state index contributed by atoms with van der Waals surface area (Å²) < 4.78 is 7.17. The number of carbonyl (C=O) groups excluding carboxylic acids is 1. The molecule has 2 atom stereocenters. The van der Waals surface area contributed by atoms with E-state index in [0.29, 0.717) is 11.4 Å². The zero-order valence-electron chi connectivity index (χ0n) is 12.3. The maximum absolute atomic E-state index is 12.7. The predicted molar refractivity (Wildman–Crippen MR) is 93.0 cm³/mol. The Hall–Kier alpha value is -1.72. The number of urea groups is 1. The Balaban J connectivity index is 1.79. The second kappa shape index (κ2) is 5.14. The molecule has 2 bridgehead atoms. The fraction of sp³-hybridized carbons (Fsp3) is 0.235. The highest BCUT2D eigenvalue weighted by Crippen LogP contribution is 2.46. The normalized spacial score (nSPS) is 25.4. The summed E-state index contributed by atoms with van der Waals surface area (Å²) in [5.74, 6) is 0.760. The molecule has 2 aliphatic rings. The van der Waals surface area contributed by atoms with E-state index in [4.69, 9.17) is 16.3 Å². The van der Waals surface area contributed by atoms with Gasteiger partial charge in [0.2, 0.25) is 0 Å².